The molecule has 11 heteroatoms. The van der Waals surface area contributed by atoms with E-state index in [-0.39, 0.29) is 16.9 Å². The predicted molar refractivity (Wildman–Crippen MR) is 150 cm³/mol. The van der Waals surface area contributed by atoms with Gasteiger partial charge >= 0.3 is 0 Å². The van der Waals surface area contributed by atoms with Gasteiger partial charge in [-0.3, -0.25) is 18.8 Å². The molecule has 0 spiro atoms. The van der Waals surface area contributed by atoms with Gasteiger partial charge in [0.25, 0.3) is 11.5 Å². The van der Waals surface area contributed by atoms with E-state index in [0.717, 1.165) is 0 Å². The summed E-state index contributed by atoms with van der Waals surface area (Å²) in [6, 6.07) is 11.8. The first-order chi connectivity index (χ1) is 19.8. The topological polar surface area (TPSA) is 112 Å². The first kappa shape index (κ1) is 25.6. The van der Waals surface area contributed by atoms with Gasteiger partial charge in [0.2, 0.25) is 0 Å². The molecule has 6 aromatic rings. The molecule has 0 aliphatic heterocycles. The van der Waals surface area contributed by atoms with Crippen molar-refractivity contribution in [2.24, 2.45) is 7.05 Å². The summed E-state index contributed by atoms with van der Waals surface area (Å²) in [5.41, 5.74) is 2.58. The fourth-order valence-electron chi connectivity index (χ4n) is 4.73. The van der Waals surface area contributed by atoms with Crippen LogP contribution >= 0.6 is 0 Å². The van der Waals surface area contributed by atoms with Gasteiger partial charge in [0.15, 0.2) is 5.65 Å². The fourth-order valence-corrected chi connectivity index (χ4v) is 4.73. The average Bonchev–Trinajstić information content (AvgIpc) is 3.52. The van der Waals surface area contributed by atoms with E-state index in [9.17, 15) is 14.0 Å². The molecule has 10 nitrogen and oxygen atoms in total. The van der Waals surface area contributed by atoms with Crippen molar-refractivity contribution >= 4 is 22.5 Å². The maximum Gasteiger partial charge on any atom is 0.267 e. The van der Waals surface area contributed by atoms with E-state index < -0.39 is 23.3 Å². The Labute approximate surface area is 233 Å². The lowest BCUT2D eigenvalue weighted by Gasteiger charge is -2.20. The van der Waals surface area contributed by atoms with Crippen molar-refractivity contribution in [1.82, 2.24) is 39.2 Å². The predicted octanol–water partition coefficient (Wildman–Crippen LogP) is 3.50. The second-order valence-corrected chi connectivity index (χ2v) is 9.49. The van der Waals surface area contributed by atoms with Gasteiger partial charge in [-0.25, -0.2) is 18.9 Å². The number of carbonyl (C=O) groups is 1. The van der Waals surface area contributed by atoms with Crippen molar-refractivity contribution in [3.8, 4) is 17.5 Å². The monoisotopic (exact) mass is 546 g/mol. The number of carbonyl (C=O) groups excluding carboxylic acids is 1. The Morgan fingerprint density at radius 2 is 1.95 bits per heavy atom. The number of nitrogens with zero attached hydrogens (tertiary/aromatic N) is 7. The number of fused-ring (bicyclic) bond motifs is 2. The van der Waals surface area contributed by atoms with Crippen molar-refractivity contribution < 1.29 is 9.18 Å². The summed E-state index contributed by atoms with van der Waals surface area (Å²) in [4.78, 5) is 36.6. The molecule has 1 atom stereocenters. The zero-order valence-electron chi connectivity index (χ0n) is 22.3. The number of hydrogen-bond donors (Lipinski definition) is 1. The van der Waals surface area contributed by atoms with Gasteiger partial charge in [-0.2, -0.15) is 10.2 Å². The molecule has 202 valence electrons. The zero-order chi connectivity index (χ0) is 28.7. The van der Waals surface area contributed by atoms with Crippen molar-refractivity contribution in [2.75, 3.05) is 0 Å². The minimum atomic E-state index is -0.758. The van der Waals surface area contributed by atoms with E-state index in [1.807, 2.05) is 0 Å². The molecule has 4 aromatic heterocycles. The Morgan fingerprint density at radius 1 is 1.12 bits per heavy atom. The number of aromatic nitrogens is 7. The molecule has 0 fully saturated rings. The van der Waals surface area contributed by atoms with Crippen LogP contribution in [0.15, 0.2) is 78.1 Å². The Balaban J connectivity index is 1.49. The molecule has 1 amide bonds. The third-order valence-corrected chi connectivity index (χ3v) is 6.57. The second-order valence-electron chi connectivity index (χ2n) is 9.49. The van der Waals surface area contributed by atoms with Crippen molar-refractivity contribution in [3.05, 3.63) is 118 Å². The maximum absolute atomic E-state index is 14.4. The molecule has 1 unspecified atom stereocenters. The minimum Gasteiger partial charge on any atom is -0.342 e. The summed E-state index contributed by atoms with van der Waals surface area (Å²) in [5, 5.41) is 11.7. The third-order valence-electron chi connectivity index (χ3n) is 6.57. The second kappa shape index (κ2) is 10.2. The van der Waals surface area contributed by atoms with Crippen molar-refractivity contribution in [3.63, 3.8) is 0 Å². The largest absolute Gasteiger partial charge is 0.342 e. The van der Waals surface area contributed by atoms with Gasteiger partial charge in [-0.05, 0) is 50.2 Å². The number of benzene rings is 2. The van der Waals surface area contributed by atoms with Crippen LogP contribution in [0.5, 0.6) is 0 Å². The van der Waals surface area contributed by atoms with E-state index in [1.54, 1.807) is 80.7 Å². The molecule has 41 heavy (non-hydrogen) atoms. The summed E-state index contributed by atoms with van der Waals surface area (Å²) in [6.07, 6.45) is 6.69. The highest BCUT2D eigenvalue weighted by Crippen LogP contribution is 2.22. The number of amides is 1. The van der Waals surface area contributed by atoms with Crippen LogP contribution in [0.25, 0.3) is 22.2 Å². The SMILES string of the molecule is Cc1nn2cccnc2c1C(=O)NC(C)c1nc2cccc(C#Cc3cnn(C)c3)c2c(=O)n1-c1cccc(F)c1. The molecule has 2 aromatic carbocycles. The van der Waals surface area contributed by atoms with E-state index in [2.05, 4.69) is 32.3 Å². The molecule has 0 aliphatic carbocycles. The van der Waals surface area contributed by atoms with Crippen molar-refractivity contribution in [2.45, 2.75) is 19.9 Å². The average molecular weight is 547 g/mol. The Bertz CT molecular complexity index is 2100. The lowest BCUT2D eigenvalue weighted by Crippen LogP contribution is -2.33. The standard InChI is InChI=1S/C30H23FN8O2/c1-18-25(28-32-13-6-14-38(28)36-18)29(40)34-19(2)27-35-24-10-4-7-21(12-11-20-16-33-37(3)17-20)26(24)30(41)39(27)23-9-5-8-22(31)15-23/h4-10,13-17,19H,1-3H3,(H,34,40). The highest BCUT2D eigenvalue weighted by molar-refractivity contribution is 6.01. The lowest BCUT2D eigenvalue weighted by molar-refractivity contribution is 0.0938. The van der Waals surface area contributed by atoms with Gasteiger partial charge in [0.05, 0.1) is 40.1 Å². The van der Waals surface area contributed by atoms with Gasteiger partial charge in [0.1, 0.15) is 17.2 Å². The van der Waals surface area contributed by atoms with Crippen LogP contribution < -0.4 is 10.9 Å². The number of aryl methyl sites for hydroxylation is 2. The lowest BCUT2D eigenvalue weighted by atomic mass is 10.1. The molecule has 0 saturated carbocycles. The van der Waals surface area contributed by atoms with E-state index >= 15 is 0 Å². The summed E-state index contributed by atoms with van der Waals surface area (Å²) in [6.45, 7) is 3.43. The van der Waals surface area contributed by atoms with E-state index in [0.29, 0.717) is 33.5 Å². The number of hydrogen-bond acceptors (Lipinski definition) is 6. The van der Waals surface area contributed by atoms with Crippen LogP contribution in [0.2, 0.25) is 0 Å². The molecule has 0 bridgehead atoms. The van der Waals surface area contributed by atoms with Gasteiger partial charge in [-0.15, -0.1) is 0 Å². The molecular weight excluding hydrogens is 523 g/mol. The first-order valence-corrected chi connectivity index (χ1v) is 12.7. The normalized spacial score (nSPS) is 11.8. The van der Waals surface area contributed by atoms with Crippen LogP contribution in [0.4, 0.5) is 4.39 Å². The van der Waals surface area contributed by atoms with Gasteiger partial charge in [0, 0.05) is 31.2 Å². The zero-order valence-corrected chi connectivity index (χ0v) is 22.3. The third kappa shape index (κ3) is 4.72. The fraction of sp³-hybridized carbons (Fsp3) is 0.133. The maximum atomic E-state index is 14.4. The molecule has 0 saturated heterocycles. The van der Waals surface area contributed by atoms with E-state index in [1.165, 1.54) is 27.3 Å². The van der Waals surface area contributed by atoms with Gasteiger partial charge in [-0.1, -0.05) is 24.0 Å². The van der Waals surface area contributed by atoms with Gasteiger partial charge < -0.3 is 5.32 Å². The summed E-state index contributed by atoms with van der Waals surface area (Å²) >= 11 is 0. The number of nitrogens with one attached hydrogen (secondary N) is 1. The molecule has 0 radical (unpaired) electrons. The molecule has 0 aliphatic rings. The summed E-state index contributed by atoms with van der Waals surface area (Å²) in [7, 11) is 1.79. The Hall–Kier alpha value is -5.63. The van der Waals surface area contributed by atoms with Crippen LogP contribution in [0, 0.1) is 24.6 Å². The molecule has 1 N–H and O–H groups in total. The van der Waals surface area contributed by atoms with Crippen molar-refractivity contribution in [1.29, 1.82) is 0 Å². The van der Waals surface area contributed by atoms with Crippen LogP contribution in [-0.4, -0.2) is 39.8 Å². The minimum absolute atomic E-state index is 0.223. The Morgan fingerprint density at radius 3 is 2.73 bits per heavy atom. The number of rotatable bonds is 4. The van der Waals surface area contributed by atoms with Crippen LogP contribution in [-0.2, 0) is 7.05 Å². The molecule has 6 rings (SSSR count). The Kier molecular flexibility index (Phi) is 6.35. The molecule has 4 heterocycles. The van der Waals surface area contributed by atoms with E-state index in [4.69, 9.17) is 4.98 Å². The van der Waals surface area contributed by atoms with Crippen LogP contribution in [0.3, 0.4) is 0 Å². The van der Waals surface area contributed by atoms with Crippen LogP contribution in [0.1, 0.15) is 46.0 Å². The smallest absolute Gasteiger partial charge is 0.267 e. The highest BCUT2D eigenvalue weighted by atomic mass is 19.1. The summed E-state index contributed by atoms with van der Waals surface area (Å²) < 4.78 is 18.8. The molecular formula is C30H23FN8O2. The number of halogens is 1. The first-order valence-electron chi connectivity index (χ1n) is 12.7. The summed E-state index contributed by atoms with van der Waals surface area (Å²) in [5.74, 6) is 5.36. The quantitative estimate of drug-likeness (QED) is 0.339. The highest BCUT2D eigenvalue weighted by Gasteiger charge is 2.24.